The van der Waals surface area contributed by atoms with Gasteiger partial charge in [0.1, 0.15) is 5.82 Å². The Hall–Kier alpha value is -2.70. The van der Waals surface area contributed by atoms with Crippen LogP contribution < -0.4 is 5.32 Å². The minimum Gasteiger partial charge on any atom is -0.321 e. The van der Waals surface area contributed by atoms with E-state index in [-0.39, 0.29) is 5.91 Å². The van der Waals surface area contributed by atoms with Crippen molar-refractivity contribution >= 4 is 44.6 Å². The number of nitrogens with zero attached hydrogens (tertiary/aromatic N) is 3. The molecule has 5 nitrogen and oxygen atoms in total. The number of hydrogen-bond acceptors (Lipinski definition) is 4. The molecule has 7 heteroatoms. The van der Waals surface area contributed by atoms with Crippen molar-refractivity contribution in [2.45, 2.75) is 32.2 Å². The van der Waals surface area contributed by atoms with Crippen molar-refractivity contribution in [1.82, 2.24) is 14.8 Å². The van der Waals surface area contributed by atoms with Crippen LogP contribution in [0.3, 0.4) is 0 Å². The highest BCUT2D eigenvalue weighted by molar-refractivity contribution is 7.20. The quantitative estimate of drug-likeness (QED) is 0.454. The third-order valence-corrected chi connectivity index (χ3v) is 6.67. The van der Waals surface area contributed by atoms with Crippen LogP contribution in [0.2, 0.25) is 5.02 Å². The van der Waals surface area contributed by atoms with E-state index in [4.69, 9.17) is 11.6 Å². The topological polar surface area (TPSA) is 59.8 Å². The van der Waals surface area contributed by atoms with Gasteiger partial charge in [-0.25, -0.2) is 0 Å². The van der Waals surface area contributed by atoms with Crippen molar-refractivity contribution in [3.63, 3.8) is 0 Å². The molecule has 1 N–H and O–H groups in total. The molecule has 2 aromatic carbocycles. The van der Waals surface area contributed by atoms with Crippen molar-refractivity contribution in [3.8, 4) is 11.4 Å². The number of fused-ring (bicyclic) bond motifs is 2. The lowest BCUT2D eigenvalue weighted by Gasteiger charge is -2.11. The molecular weight excluding hydrogens is 404 g/mol. The summed E-state index contributed by atoms with van der Waals surface area (Å²) in [4.78, 5) is 13.5. The van der Waals surface area contributed by atoms with Gasteiger partial charge < -0.3 is 9.88 Å². The van der Waals surface area contributed by atoms with Crippen LogP contribution in [0.1, 0.15) is 34.8 Å². The lowest BCUT2D eigenvalue weighted by Crippen LogP contribution is -2.10. The van der Waals surface area contributed by atoms with Crippen LogP contribution >= 0.6 is 22.9 Å². The highest BCUT2D eigenvalue weighted by Crippen LogP contribution is 2.32. The molecule has 0 saturated heterocycles. The van der Waals surface area contributed by atoms with Gasteiger partial charge >= 0.3 is 0 Å². The fourth-order valence-electron chi connectivity index (χ4n) is 3.75. The molecule has 5 rings (SSSR count). The molecule has 0 fully saturated rings. The van der Waals surface area contributed by atoms with Crippen molar-refractivity contribution in [1.29, 1.82) is 0 Å². The average Bonchev–Trinajstić information content (AvgIpc) is 3.27. The van der Waals surface area contributed by atoms with Crippen LogP contribution in [-0.4, -0.2) is 20.7 Å². The van der Waals surface area contributed by atoms with Crippen molar-refractivity contribution in [3.05, 3.63) is 64.3 Å². The predicted molar refractivity (Wildman–Crippen MR) is 118 cm³/mol. The maximum atomic E-state index is 12.8. The van der Waals surface area contributed by atoms with E-state index in [9.17, 15) is 4.79 Å². The van der Waals surface area contributed by atoms with E-state index in [2.05, 4.69) is 20.1 Å². The fraction of sp³-hybridized carbons (Fsp3) is 0.227. The Morgan fingerprint density at radius 2 is 1.97 bits per heavy atom. The third-order valence-electron chi connectivity index (χ3n) is 5.22. The van der Waals surface area contributed by atoms with Gasteiger partial charge in [-0.05, 0) is 48.6 Å². The van der Waals surface area contributed by atoms with Gasteiger partial charge in [-0.15, -0.1) is 21.5 Å². The van der Waals surface area contributed by atoms with Crippen LogP contribution in [0.25, 0.3) is 21.5 Å². The second kappa shape index (κ2) is 7.61. The van der Waals surface area contributed by atoms with Crippen LogP contribution in [0.15, 0.2) is 48.5 Å². The van der Waals surface area contributed by atoms with Gasteiger partial charge in [-0.1, -0.05) is 36.2 Å². The summed E-state index contributed by atoms with van der Waals surface area (Å²) in [6, 6.07) is 15.4. The zero-order valence-electron chi connectivity index (χ0n) is 15.7. The summed E-state index contributed by atoms with van der Waals surface area (Å²) in [5.41, 5.74) is 1.49. The largest absolute Gasteiger partial charge is 0.321 e. The third kappa shape index (κ3) is 3.54. The zero-order chi connectivity index (χ0) is 19.8. The van der Waals surface area contributed by atoms with Crippen LogP contribution in [0.4, 0.5) is 5.69 Å². The fourth-order valence-corrected chi connectivity index (χ4v) is 4.91. The number of hydrogen-bond donors (Lipinski definition) is 1. The minimum absolute atomic E-state index is 0.125. The number of rotatable bonds is 3. The molecule has 29 heavy (non-hydrogen) atoms. The Morgan fingerprint density at radius 1 is 1.07 bits per heavy atom. The van der Waals surface area contributed by atoms with Crippen molar-refractivity contribution < 1.29 is 4.79 Å². The first-order chi connectivity index (χ1) is 14.2. The molecule has 4 aromatic rings. The van der Waals surface area contributed by atoms with Gasteiger partial charge in [0.2, 0.25) is 0 Å². The second-order valence-electron chi connectivity index (χ2n) is 7.20. The summed E-state index contributed by atoms with van der Waals surface area (Å²) < 4.78 is 3.26. The maximum Gasteiger partial charge on any atom is 0.265 e. The molecule has 0 radical (unpaired) electrons. The van der Waals surface area contributed by atoms with E-state index in [0.29, 0.717) is 15.6 Å². The van der Waals surface area contributed by atoms with E-state index in [0.717, 1.165) is 53.1 Å². The average molecular weight is 423 g/mol. The summed E-state index contributed by atoms with van der Waals surface area (Å²) in [5, 5.41) is 13.4. The molecule has 3 heterocycles. The van der Waals surface area contributed by atoms with Gasteiger partial charge in [0.05, 0.1) is 9.90 Å². The van der Waals surface area contributed by atoms with Gasteiger partial charge in [0, 0.05) is 28.9 Å². The molecule has 1 aliphatic heterocycles. The molecule has 0 saturated carbocycles. The summed E-state index contributed by atoms with van der Waals surface area (Å²) in [6.07, 6.45) is 4.38. The highest BCUT2D eigenvalue weighted by Gasteiger charge is 2.19. The van der Waals surface area contributed by atoms with Crippen molar-refractivity contribution in [2.24, 2.45) is 0 Å². The lowest BCUT2D eigenvalue weighted by atomic mass is 10.1. The molecular formula is C22H19ClN4OS. The Labute approximate surface area is 177 Å². The van der Waals surface area contributed by atoms with E-state index in [1.807, 2.05) is 42.5 Å². The van der Waals surface area contributed by atoms with Gasteiger partial charge in [0.15, 0.2) is 5.82 Å². The number of anilines is 1. The zero-order valence-corrected chi connectivity index (χ0v) is 17.3. The Bertz CT molecular complexity index is 1180. The summed E-state index contributed by atoms with van der Waals surface area (Å²) >= 11 is 7.97. The van der Waals surface area contributed by atoms with E-state index >= 15 is 0 Å². The number of aromatic nitrogens is 3. The molecule has 0 aliphatic carbocycles. The van der Waals surface area contributed by atoms with Crippen molar-refractivity contribution in [2.75, 3.05) is 5.32 Å². The number of aryl methyl sites for hydroxylation is 1. The van der Waals surface area contributed by atoms with Gasteiger partial charge in [-0.3, -0.25) is 4.79 Å². The number of halogens is 1. The Morgan fingerprint density at radius 3 is 2.86 bits per heavy atom. The monoisotopic (exact) mass is 422 g/mol. The minimum atomic E-state index is -0.125. The number of nitrogens with one attached hydrogen (secondary N) is 1. The van der Waals surface area contributed by atoms with Gasteiger partial charge in [-0.2, -0.15) is 0 Å². The predicted octanol–water partition coefficient (Wildman–Crippen LogP) is 5.79. The smallest absolute Gasteiger partial charge is 0.265 e. The molecule has 0 atom stereocenters. The molecule has 1 aliphatic rings. The second-order valence-corrected chi connectivity index (χ2v) is 8.69. The molecule has 2 aromatic heterocycles. The normalized spacial score (nSPS) is 13.8. The maximum absolute atomic E-state index is 12.8. The van der Waals surface area contributed by atoms with Crippen LogP contribution in [0.5, 0.6) is 0 Å². The standard InChI is InChI=1S/C22H19ClN4OS/c23-17-10-9-15(24-22(28)19-12-14-6-3-4-7-18(14)29-19)13-16(17)21-26-25-20-8-2-1-5-11-27(20)21/h3-4,6-7,9-10,12-13H,1-2,5,8,11H2,(H,24,28). The number of thiophene rings is 1. The number of carbonyl (C=O) groups excluding carboxylic acids is 1. The first kappa shape index (κ1) is 18.3. The Balaban J connectivity index is 1.45. The molecule has 0 bridgehead atoms. The van der Waals surface area contributed by atoms with E-state index < -0.39 is 0 Å². The van der Waals surface area contributed by atoms with Crippen LogP contribution in [0, 0.1) is 0 Å². The lowest BCUT2D eigenvalue weighted by molar-refractivity contribution is 0.103. The Kier molecular flexibility index (Phi) is 4.81. The molecule has 0 unspecified atom stereocenters. The SMILES string of the molecule is O=C(Nc1ccc(Cl)c(-c2nnc3n2CCCCC3)c1)c1cc2ccccc2s1. The number of carbonyl (C=O) groups is 1. The molecule has 146 valence electrons. The number of benzene rings is 2. The van der Waals surface area contributed by atoms with E-state index in [1.54, 1.807) is 6.07 Å². The first-order valence-corrected chi connectivity index (χ1v) is 10.9. The molecule has 0 spiro atoms. The molecule has 1 amide bonds. The van der Waals surface area contributed by atoms with Gasteiger partial charge in [0.25, 0.3) is 5.91 Å². The van der Waals surface area contributed by atoms with Crippen LogP contribution in [-0.2, 0) is 13.0 Å². The number of amides is 1. The first-order valence-electron chi connectivity index (χ1n) is 9.71. The summed E-state index contributed by atoms with van der Waals surface area (Å²) in [6.45, 7) is 0.895. The summed E-state index contributed by atoms with van der Waals surface area (Å²) in [5.74, 6) is 1.65. The van der Waals surface area contributed by atoms with E-state index in [1.165, 1.54) is 17.8 Å². The summed E-state index contributed by atoms with van der Waals surface area (Å²) in [7, 11) is 0. The highest BCUT2D eigenvalue weighted by atomic mass is 35.5.